The minimum Gasteiger partial charge on any atom is -0.588 e. The quantitative estimate of drug-likeness (QED) is 0.593. The van der Waals surface area contributed by atoms with Crippen LogP contribution in [0.4, 0.5) is 4.79 Å². The minimum absolute atomic E-state index is 0.333. The first-order valence-electron chi connectivity index (χ1n) is 6.15. The summed E-state index contributed by atoms with van der Waals surface area (Å²) in [6.07, 6.45) is 2.52. The van der Waals surface area contributed by atoms with Crippen LogP contribution in [0.1, 0.15) is 25.7 Å². The Morgan fingerprint density at radius 1 is 1.63 bits per heavy atom. The minimum atomic E-state index is -1.53. The Hall–Kier alpha value is -0.920. The lowest BCUT2D eigenvalue weighted by Crippen LogP contribution is -2.52. The molecule has 2 unspecified atom stereocenters. The topological polar surface area (TPSA) is 98.5 Å². The molecule has 0 fully saturated rings. The fourth-order valence-electron chi connectivity index (χ4n) is 2.34. The van der Waals surface area contributed by atoms with Crippen molar-refractivity contribution >= 4 is 34.9 Å². The van der Waals surface area contributed by atoms with Crippen molar-refractivity contribution in [3.05, 3.63) is 10.6 Å². The predicted molar refractivity (Wildman–Crippen MR) is 72.3 cm³/mol. The molecular weight excluding hydrogens is 290 g/mol. The molecule has 106 valence electrons. The predicted octanol–water partition coefficient (Wildman–Crippen LogP) is 0.801. The molecule has 3 N–H and O–H groups in total. The van der Waals surface area contributed by atoms with Gasteiger partial charge in [0.25, 0.3) is 0 Å². The number of primary amides is 1. The van der Waals surface area contributed by atoms with Gasteiger partial charge in [0.05, 0.1) is 18.2 Å². The zero-order valence-electron chi connectivity index (χ0n) is 10.4. The summed E-state index contributed by atoms with van der Waals surface area (Å²) in [5.41, 5.74) is 5.77. The van der Waals surface area contributed by atoms with Crippen LogP contribution in [0.15, 0.2) is 10.6 Å². The van der Waals surface area contributed by atoms with Gasteiger partial charge in [-0.1, -0.05) is 0 Å². The van der Waals surface area contributed by atoms with Crippen LogP contribution >= 0.6 is 11.6 Å². The number of carbonyl (C=O) groups excluding carboxylic acids is 2. The van der Waals surface area contributed by atoms with E-state index in [1.165, 1.54) is 4.31 Å². The lowest BCUT2D eigenvalue weighted by atomic mass is 9.91. The van der Waals surface area contributed by atoms with Crippen LogP contribution in [0.2, 0.25) is 0 Å². The summed E-state index contributed by atoms with van der Waals surface area (Å²) in [4.78, 5) is 23.9. The second-order valence-electron chi connectivity index (χ2n) is 4.51. The molecule has 1 aliphatic carbocycles. The van der Waals surface area contributed by atoms with Gasteiger partial charge in [0.15, 0.2) is 4.91 Å². The van der Waals surface area contributed by atoms with Gasteiger partial charge in [-0.05, 0) is 19.3 Å². The average molecular weight is 306 g/mol. The summed E-state index contributed by atoms with van der Waals surface area (Å²) >= 11 is 4.06. The Balaban J connectivity index is 2.25. The van der Waals surface area contributed by atoms with Gasteiger partial charge in [0, 0.05) is 12.3 Å². The van der Waals surface area contributed by atoms with Crippen molar-refractivity contribution in [2.75, 3.05) is 12.4 Å². The van der Waals surface area contributed by atoms with Crippen molar-refractivity contribution in [2.45, 2.75) is 25.7 Å². The van der Waals surface area contributed by atoms with Crippen molar-refractivity contribution in [1.29, 1.82) is 0 Å². The van der Waals surface area contributed by atoms with E-state index in [1.807, 2.05) is 0 Å². The van der Waals surface area contributed by atoms with E-state index in [2.05, 4.69) is 5.32 Å². The molecule has 0 aromatic rings. The molecule has 19 heavy (non-hydrogen) atoms. The molecule has 0 radical (unpaired) electrons. The second kappa shape index (κ2) is 6.02. The highest BCUT2D eigenvalue weighted by Gasteiger charge is 2.43. The number of nitrogens with one attached hydrogen (secondary N) is 1. The third-order valence-electron chi connectivity index (χ3n) is 3.26. The standard InChI is InChI=1S/C11H16ClN3O3S/c12-5-2-6-15-11(17)14-9-7(10(13)16)3-1-4-8(9)19(15)18/h7H,1-6H2,(H2,13,16)(H,14,17). The van der Waals surface area contributed by atoms with Crippen molar-refractivity contribution in [2.24, 2.45) is 11.7 Å². The molecule has 2 atom stereocenters. The molecule has 8 heteroatoms. The molecule has 1 aliphatic heterocycles. The Kier molecular flexibility index (Phi) is 4.59. The highest BCUT2D eigenvalue weighted by molar-refractivity contribution is 7.93. The third-order valence-corrected chi connectivity index (χ3v) is 5.12. The number of hydrogen-bond acceptors (Lipinski definition) is 3. The number of nitrogens with zero attached hydrogens (tertiary/aromatic N) is 1. The highest BCUT2D eigenvalue weighted by atomic mass is 35.5. The van der Waals surface area contributed by atoms with Gasteiger partial charge in [-0.25, -0.2) is 4.79 Å². The Morgan fingerprint density at radius 2 is 2.37 bits per heavy atom. The van der Waals surface area contributed by atoms with Gasteiger partial charge in [-0.15, -0.1) is 15.9 Å². The third kappa shape index (κ3) is 2.82. The SMILES string of the molecule is NC(=O)C1CCCC2=C1NC(=O)N(CCCCl)[S+]2[O-]. The molecule has 0 aromatic carbocycles. The number of amides is 3. The molecule has 2 rings (SSSR count). The number of rotatable bonds is 4. The number of halogens is 1. The maximum atomic E-state index is 12.4. The van der Waals surface area contributed by atoms with Crippen LogP contribution in [0.25, 0.3) is 0 Å². The second-order valence-corrected chi connectivity index (χ2v) is 6.32. The van der Waals surface area contributed by atoms with E-state index in [0.29, 0.717) is 42.3 Å². The van der Waals surface area contributed by atoms with Gasteiger partial charge >= 0.3 is 6.03 Å². The number of nitrogens with two attached hydrogens (primary N) is 1. The fraction of sp³-hybridized carbons (Fsp3) is 0.636. The zero-order chi connectivity index (χ0) is 14.0. The summed E-state index contributed by atoms with van der Waals surface area (Å²) in [6, 6.07) is -0.449. The van der Waals surface area contributed by atoms with Crippen LogP contribution < -0.4 is 11.1 Å². The van der Waals surface area contributed by atoms with Gasteiger partial charge in [-0.2, -0.15) is 0 Å². The number of urea groups is 1. The summed E-state index contributed by atoms with van der Waals surface area (Å²) in [5, 5.41) is 2.67. The monoisotopic (exact) mass is 305 g/mol. The van der Waals surface area contributed by atoms with E-state index < -0.39 is 29.2 Å². The van der Waals surface area contributed by atoms with E-state index in [9.17, 15) is 14.1 Å². The average Bonchev–Trinajstić information content (AvgIpc) is 2.37. The first kappa shape index (κ1) is 14.5. The van der Waals surface area contributed by atoms with Crippen LogP contribution in [-0.2, 0) is 16.2 Å². The molecule has 0 saturated heterocycles. The zero-order valence-corrected chi connectivity index (χ0v) is 11.9. The van der Waals surface area contributed by atoms with Gasteiger partial charge in [0.2, 0.25) is 5.91 Å². The van der Waals surface area contributed by atoms with E-state index in [-0.39, 0.29) is 0 Å². The van der Waals surface area contributed by atoms with Crippen molar-refractivity contribution in [3.63, 3.8) is 0 Å². The highest BCUT2D eigenvalue weighted by Crippen LogP contribution is 2.35. The van der Waals surface area contributed by atoms with Crippen LogP contribution in [0.3, 0.4) is 0 Å². The molecule has 0 spiro atoms. The van der Waals surface area contributed by atoms with Gasteiger partial charge in [0.1, 0.15) is 11.4 Å². The van der Waals surface area contributed by atoms with Crippen molar-refractivity contribution in [1.82, 2.24) is 9.62 Å². The van der Waals surface area contributed by atoms with E-state index >= 15 is 0 Å². The van der Waals surface area contributed by atoms with Crippen LogP contribution in [0, 0.1) is 5.92 Å². The lowest BCUT2D eigenvalue weighted by molar-refractivity contribution is -0.121. The molecule has 0 saturated carbocycles. The molecule has 0 aromatic heterocycles. The maximum absolute atomic E-state index is 12.4. The maximum Gasteiger partial charge on any atom is 0.363 e. The summed E-state index contributed by atoms with van der Waals surface area (Å²) in [7, 11) is 0. The first-order chi connectivity index (χ1) is 9.06. The fourth-order valence-corrected chi connectivity index (χ4v) is 3.91. The number of carbonyl (C=O) groups is 2. The molecular formula is C11H16ClN3O3S. The Morgan fingerprint density at radius 3 is 3.00 bits per heavy atom. The Labute approximate surface area is 119 Å². The first-order valence-corrected chi connectivity index (χ1v) is 7.79. The summed E-state index contributed by atoms with van der Waals surface area (Å²) in [5.74, 6) is -0.623. The smallest absolute Gasteiger partial charge is 0.363 e. The number of allylic oxidation sites excluding steroid dienone is 1. The normalized spacial score (nSPS) is 27.1. The molecule has 3 amide bonds. The summed E-state index contributed by atoms with van der Waals surface area (Å²) < 4.78 is 13.6. The van der Waals surface area contributed by atoms with Crippen LogP contribution in [0.5, 0.6) is 0 Å². The number of hydrogen-bond donors (Lipinski definition) is 2. The van der Waals surface area contributed by atoms with Crippen molar-refractivity contribution < 1.29 is 14.1 Å². The largest absolute Gasteiger partial charge is 0.588 e. The number of alkyl halides is 1. The van der Waals surface area contributed by atoms with Gasteiger partial charge < -0.3 is 15.6 Å². The lowest BCUT2D eigenvalue weighted by Gasteiger charge is -2.35. The van der Waals surface area contributed by atoms with Gasteiger partial charge in [-0.3, -0.25) is 4.79 Å². The van der Waals surface area contributed by atoms with Crippen LogP contribution in [-0.4, -0.2) is 33.2 Å². The molecule has 1 heterocycles. The van der Waals surface area contributed by atoms with E-state index in [0.717, 1.165) is 6.42 Å². The Bertz CT molecular complexity index is 429. The van der Waals surface area contributed by atoms with Crippen molar-refractivity contribution in [3.8, 4) is 0 Å². The molecule has 6 nitrogen and oxygen atoms in total. The molecule has 0 bridgehead atoms. The van der Waals surface area contributed by atoms with E-state index in [1.54, 1.807) is 0 Å². The molecule has 2 aliphatic rings. The van der Waals surface area contributed by atoms with E-state index in [4.69, 9.17) is 17.3 Å². The summed E-state index contributed by atoms with van der Waals surface area (Å²) in [6.45, 7) is 0.333.